The van der Waals surface area contributed by atoms with Crippen LogP contribution in [-0.4, -0.2) is 12.6 Å². The SMILES string of the molecule is O=C1OCC=C1C1C=CCC1. The Hall–Kier alpha value is -1.05. The average molecular weight is 150 g/mol. The van der Waals surface area contributed by atoms with Crippen LogP contribution in [0.5, 0.6) is 0 Å². The molecule has 58 valence electrons. The molecule has 0 amide bonds. The quantitative estimate of drug-likeness (QED) is 0.417. The first kappa shape index (κ1) is 6.65. The predicted molar refractivity (Wildman–Crippen MR) is 40.9 cm³/mol. The lowest BCUT2D eigenvalue weighted by Gasteiger charge is -2.04. The zero-order valence-electron chi connectivity index (χ0n) is 6.25. The van der Waals surface area contributed by atoms with E-state index in [1.165, 1.54) is 0 Å². The maximum absolute atomic E-state index is 11.0. The van der Waals surface area contributed by atoms with Gasteiger partial charge >= 0.3 is 5.97 Å². The van der Waals surface area contributed by atoms with E-state index in [1.807, 2.05) is 6.08 Å². The number of cyclic esters (lactones) is 1. The van der Waals surface area contributed by atoms with Gasteiger partial charge in [-0.25, -0.2) is 4.79 Å². The summed E-state index contributed by atoms with van der Waals surface area (Å²) >= 11 is 0. The number of hydrogen-bond acceptors (Lipinski definition) is 2. The fraction of sp³-hybridized carbons (Fsp3) is 0.444. The van der Waals surface area contributed by atoms with Crippen LogP contribution in [0.3, 0.4) is 0 Å². The van der Waals surface area contributed by atoms with Crippen LogP contribution in [0.2, 0.25) is 0 Å². The Morgan fingerprint density at radius 2 is 2.45 bits per heavy atom. The van der Waals surface area contributed by atoms with Gasteiger partial charge in [-0.1, -0.05) is 12.2 Å². The van der Waals surface area contributed by atoms with Crippen LogP contribution in [0.1, 0.15) is 12.8 Å². The van der Waals surface area contributed by atoms with Crippen LogP contribution >= 0.6 is 0 Å². The van der Waals surface area contributed by atoms with Gasteiger partial charge in [0.25, 0.3) is 0 Å². The fourth-order valence-corrected chi connectivity index (χ4v) is 1.57. The third kappa shape index (κ3) is 1.09. The van der Waals surface area contributed by atoms with E-state index in [2.05, 4.69) is 12.2 Å². The molecule has 0 bridgehead atoms. The van der Waals surface area contributed by atoms with Crippen molar-refractivity contribution in [3.8, 4) is 0 Å². The Labute approximate surface area is 65.5 Å². The number of rotatable bonds is 1. The van der Waals surface area contributed by atoms with Gasteiger partial charge in [0.2, 0.25) is 0 Å². The maximum Gasteiger partial charge on any atom is 0.334 e. The molecule has 1 unspecified atom stereocenters. The molecule has 2 aliphatic rings. The topological polar surface area (TPSA) is 26.3 Å². The molecule has 0 saturated heterocycles. The second-order valence-corrected chi connectivity index (χ2v) is 2.87. The molecular formula is C9H10O2. The normalized spacial score (nSPS) is 28.9. The summed E-state index contributed by atoms with van der Waals surface area (Å²) in [7, 11) is 0. The van der Waals surface area contributed by atoms with E-state index in [0.717, 1.165) is 18.4 Å². The van der Waals surface area contributed by atoms with Gasteiger partial charge in [-0.05, 0) is 18.9 Å². The third-order valence-electron chi connectivity index (χ3n) is 2.17. The lowest BCUT2D eigenvalue weighted by atomic mass is 9.99. The molecule has 11 heavy (non-hydrogen) atoms. The minimum Gasteiger partial charge on any atom is -0.458 e. The monoisotopic (exact) mass is 150 g/mol. The molecule has 1 atom stereocenters. The number of carbonyl (C=O) groups is 1. The number of carbonyl (C=O) groups excluding carboxylic acids is 1. The van der Waals surface area contributed by atoms with Crippen molar-refractivity contribution in [1.82, 2.24) is 0 Å². The molecule has 0 aromatic heterocycles. The average Bonchev–Trinajstić information content (AvgIpc) is 2.55. The number of allylic oxidation sites excluding steroid dienone is 2. The molecule has 2 rings (SSSR count). The van der Waals surface area contributed by atoms with E-state index in [1.54, 1.807) is 0 Å². The van der Waals surface area contributed by atoms with E-state index in [0.29, 0.717) is 12.5 Å². The number of esters is 1. The van der Waals surface area contributed by atoms with E-state index < -0.39 is 0 Å². The summed E-state index contributed by atoms with van der Waals surface area (Å²) in [5, 5.41) is 0. The van der Waals surface area contributed by atoms with E-state index in [9.17, 15) is 4.79 Å². The van der Waals surface area contributed by atoms with Crippen LogP contribution in [0, 0.1) is 5.92 Å². The van der Waals surface area contributed by atoms with Gasteiger partial charge in [0.15, 0.2) is 0 Å². The van der Waals surface area contributed by atoms with Gasteiger partial charge in [-0.3, -0.25) is 0 Å². The van der Waals surface area contributed by atoms with E-state index in [-0.39, 0.29) is 5.97 Å². The summed E-state index contributed by atoms with van der Waals surface area (Å²) < 4.78 is 4.81. The van der Waals surface area contributed by atoms with Gasteiger partial charge in [-0.2, -0.15) is 0 Å². The van der Waals surface area contributed by atoms with E-state index >= 15 is 0 Å². The van der Waals surface area contributed by atoms with Crippen molar-refractivity contribution in [1.29, 1.82) is 0 Å². The van der Waals surface area contributed by atoms with Crippen molar-refractivity contribution in [2.75, 3.05) is 6.61 Å². The molecule has 0 saturated carbocycles. The number of hydrogen-bond donors (Lipinski definition) is 0. The lowest BCUT2D eigenvalue weighted by Crippen LogP contribution is -2.06. The fourth-order valence-electron chi connectivity index (χ4n) is 1.57. The lowest BCUT2D eigenvalue weighted by molar-refractivity contribution is -0.136. The first-order valence-corrected chi connectivity index (χ1v) is 3.92. The van der Waals surface area contributed by atoms with Gasteiger partial charge in [0.05, 0.1) is 0 Å². The standard InChI is InChI=1S/C9H10O2/c10-9-8(5-6-11-9)7-3-1-2-4-7/h1,3,5,7H,2,4,6H2. The molecular weight excluding hydrogens is 140 g/mol. The van der Waals surface area contributed by atoms with Crippen LogP contribution in [0.25, 0.3) is 0 Å². The van der Waals surface area contributed by atoms with Crippen LogP contribution in [0.4, 0.5) is 0 Å². The van der Waals surface area contributed by atoms with Crippen molar-refractivity contribution in [3.05, 3.63) is 23.8 Å². The second kappa shape index (κ2) is 2.53. The largest absolute Gasteiger partial charge is 0.458 e. The van der Waals surface area contributed by atoms with Crippen LogP contribution in [-0.2, 0) is 9.53 Å². The summed E-state index contributed by atoms with van der Waals surface area (Å²) in [4.78, 5) is 11.0. The minimum absolute atomic E-state index is 0.124. The Morgan fingerprint density at radius 3 is 3.00 bits per heavy atom. The summed E-state index contributed by atoms with van der Waals surface area (Å²) in [6, 6.07) is 0. The molecule has 0 spiro atoms. The molecule has 1 aliphatic heterocycles. The highest BCUT2D eigenvalue weighted by atomic mass is 16.5. The van der Waals surface area contributed by atoms with Gasteiger partial charge in [0.1, 0.15) is 6.61 Å². The molecule has 0 radical (unpaired) electrons. The maximum atomic E-state index is 11.0. The van der Waals surface area contributed by atoms with Crippen LogP contribution < -0.4 is 0 Å². The Balaban J connectivity index is 2.15. The van der Waals surface area contributed by atoms with E-state index in [4.69, 9.17) is 4.74 Å². The molecule has 1 aliphatic carbocycles. The summed E-state index contributed by atoms with van der Waals surface area (Å²) in [5.41, 5.74) is 0.860. The van der Waals surface area contributed by atoms with Crippen molar-refractivity contribution in [2.45, 2.75) is 12.8 Å². The molecule has 0 aromatic carbocycles. The highest BCUT2D eigenvalue weighted by Gasteiger charge is 2.24. The van der Waals surface area contributed by atoms with Gasteiger partial charge in [-0.15, -0.1) is 0 Å². The molecule has 0 aromatic rings. The van der Waals surface area contributed by atoms with Crippen molar-refractivity contribution < 1.29 is 9.53 Å². The summed E-state index contributed by atoms with van der Waals surface area (Å²) in [6.07, 6.45) is 8.27. The zero-order chi connectivity index (χ0) is 7.68. The third-order valence-corrected chi connectivity index (χ3v) is 2.17. The highest BCUT2D eigenvalue weighted by molar-refractivity contribution is 5.91. The zero-order valence-corrected chi connectivity index (χ0v) is 6.25. The Bertz CT molecular complexity index is 238. The van der Waals surface area contributed by atoms with Crippen LogP contribution in [0.15, 0.2) is 23.8 Å². The molecule has 2 nitrogen and oxygen atoms in total. The Kier molecular flexibility index (Phi) is 1.53. The molecule has 2 heteroatoms. The van der Waals surface area contributed by atoms with Crippen molar-refractivity contribution in [3.63, 3.8) is 0 Å². The molecule has 0 N–H and O–H groups in total. The van der Waals surface area contributed by atoms with Gasteiger partial charge < -0.3 is 4.74 Å². The highest BCUT2D eigenvalue weighted by Crippen LogP contribution is 2.27. The summed E-state index contributed by atoms with van der Waals surface area (Å²) in [5.74, 6) is 0.214. The predicted octanol–water partition coefficient (Wildman–Crippen LogP) is 1.44. The second-order valence-electron chi connectivity index (χ2n) is 2.87. The summed E-state index contributed by atoms with van der Waals surface area (Å²) in [6.45, 7) is 0.471. The Morgan fingerprint density at radius 1 is 1.55 bits per heavy atom. The first-order valence-electron chi connectivity index (χ1n) is 3.92. The smallest absolute Gasteiger partial charge is 0.334 e. The molecule has 1 heterocycles. The molecule has 0 fully saturated rings. The van der Waals surface area contributed by atoms with Crippen molar-refractivity contribution in [2.24, 2.45) is 5.92 Å². The first-order chi connectivity index (χ1) is 5.38. The minimum atomic E-state index is -0.124. The number of ether oxygens (including phenoxy) is 1. The van der Waals surface area contributed by atoms with Gasteiger partial charge in [0, 0.05) is 11.5 Å². The van der Waals surface area contributed by atoms with Crippen molar-refractivity contribution >= 4 is 5.97 Å².